The van der Waals surface area contributed by atoms with Crippen molar-refractivity contribution in [3.05, 3.63) is 45.8 Å². The van der Waals surface area contributed by atoms with Crippen LogP contribution in [0.25, 0.3) is 0 Å². The summed E-state index contributed by atoms with van der Waals surface area (Å²) in [5, 5.41) is 8.17. The molecule has 1 radical (unpaired) electrons. The summed E-state index contributed by atoms with van der Waals surface area (Å²) in [6.07, 6.45) is 0. The standard InChI is InChI=1S/2C4H4S.Ir/c2*1-2-4-5-3-1;/h2*1-4H;. The van der Waals surface area contributed by atoms with Crippen molar-refractivity contribution < 1.29 is 20.1 Å². The Labute approximate surface area is 88.3 Å². The van der Waals surface area contributed by atoms with Crippen LogP contribution >= 0.6 is 22.7 Å². The van der Waals surface area contributed by atoms with Crippen LogP contribution in [0, 0.1) is 0 Å². The fourth-order valence-corrected chi connectivity index (χ4v) is 1.36. The van der Waals surface area contributed by atoms with Gasteiger partial charge in [-0.15, -0.1) is 0 Å². The molecule has 0 aromatic carbocycles. The maximum absolute atomic E-state index is 2.04. The fraction of sp³-hybridized carbons (Fsp3) is 0. The molecule has 0 nitrogen and oxygen atoms in total. The Morgan fingerprint density at radius 3 is 0.909 bits per heavy atom. The molecule has 0 N–H and O–H groups in total. The summed E-state index contributed by atoms with van der Waals surface area (Å²) in [5.74, 6) is 0. The van der Waals surface area contributed by atoms with Crippen molar-refractivity contribution >= 4 is 22.7 Å². The molecule has 2 rings (SSSR count). The second-order valence-electron chi connectivity index (χ2n) is 1.59. The van der Waals surface area contributed by atoms with Gasteiger partial charge in [0.25, 0.3) is 0 Å². The Morgan fingerprint density at radius 2 is 0.818 bits per heavy atom. The van der Waals surface area contributed by atoms with Crippen molar-refractivity contribution in [3.8, 4) is 0 Å². The molecule has 0 saturated heterocycles. The van der Waals surface area contributed by atoms with E-state index in [9.17, 15) is 0 Å². The van der Waals surface area contributed by atoms with Crippen LogP contribution in [0.1, 0.15) is 0 Å². The van der Waals surface area contributed by atoms with Gasteiger partial charge in [0.15, 0.2) is 0 Å². The van der Waals surface area contributed by atoms with Crippen LogP contribution in [0.4, 0.5) is 0 Å². The molecule has 0 aliphatic heterocycles. The maximum Gasteiger partial charge on any atom is 0 e. The summed E-state index contributed by atoms with van der Waals surface area (Å²) in [4.78, 5) is 0. The molecule has 61 valence electrons. The maximum atomic E-state index is 2.04. The van der Waals surface area contributed by atoms with Gasteiger partial charge in [-0.05, 0) is 21.5 Å². The van der Waals surface area contributed by atoms with Gasteiger partial charge < -0.3 is 0 Å². The first kappa shape index (κ1) is 11.0. The largest absolute Gasteiger partial charge is 0.152 e. The zero-order valence-corrected chi connectivity index (χ0v) is 9.80. The molecule has 2 aromatic heterocycles. The summed E-state index contributed by atoms with van der Waals surface area (Å²) in [5.41, 5.74) is 0. The van der Waals surface area contributed by atoms with Gasteiger partial charge in [-0.2, -0.15) is 22.7 Å². The molecule has 0 atom stereocenters. The van der Waals surface area contributed by atoms with E-state index in [2.05, 4.69) is 0 Å². The van der Waals surface area contributed by atoms with Crippen LogP contribution < -0.4 is 0 Å². The average Bonchev–Trinajstić information content (AvgIpc) is 2.67. The molecule has 0 spiro atoms. The molecular weight excluding hydrogens is 352 g/mol. The van der Waals surface area contributed by atoms with E-state index in [4.69, 9.17) is 0 Å². The minimum absolute atomic E-state index is 0. The molecule has 2 heterocycles. The van der Waals surface area contributed by atoms with E-state index >= 15 is 0 Å². The molecule has 0 amide bonds. The van der Waals surface area contributed by atoms with Gasteiger partial charge in [0, 0.05) is 20.1 Å². The Hall–Kier alpha value is 0.0494. The Bertz CT molecular complexity index is 151. The third-order valence-electron chi connectivity index (χ3n) is 0.851. The van der Waals surface area contributed by atoms with Crippen molar-refractivity contribution in [2.45, 2.75) is 0 Å². The van der Waals surface area contributed by atoms with Crippen LogP contribution in [0.15, 0.2) is 45.8 Å². The van der Waals surface area contributed by atoms with Gasteiger partial charge in [-0.3, -0.25) is 0 Å². The molecule has 11 heavy (non-hydrogen) atoms. The van der Waals surface area contributed by atoms with Crippen LogP contribution in [0.5, 0.6) is 0 Å². The van der Waals surface area contributed by atoms with Gasteiger partial charge in [0.1, 0.15) is 0 Å². The fourth-order valence-electron chi connectivity index (χ4n) is 0.454. The van der Waals surface area contributed by atoms with E-state index < -0.39 is 0 Å². The molecule has 0 fully saturated rings. The van der Waals surface area contributed by atoms with E-state index in [0.717, 1.165) is 0 Å². The van der Waals surface area contributed by atoms with Crippen LogP contribution in [0.2, 0.25) is 0 Å². The first-order valence-corrected chi connectivity index (χ1v) is 4.83. The smallest absolute Gasteiger partial charge is 0 e. The van der Waals surface area contributed by atoms with Crippen LogP contribution in [-0.2, 0) is 20.1 Å². The van der Waals surface area contributed by atoms with Crippen molar-refractivity contribution in [1.82, 2.24) is 0 Å². The van der Waals surface area contributed by atoms with E-state index in [0.29, 0.717) is 0 Å². The predicted molar refractivity (Wildman–Crippen MR) is 48.6 cm³/mol. The molecular formula is C8H8IrS2. The second kappa shape index (κ2) is 8.15. The zero-order chi connectivity index (χ0) is 7.07. The van der Waals surface area contributed by atoms with E-state index in [1.807, 2.05) is 45.8 Å². The molecule has 0 saturated carbocycles. The van der Waals surface area contributed by atoms with Gasteiger partial charge in [0.05, 0.1) is 0 Å². The van der Waals surface area contributed by atoms with E-state index in [1.54, 1.807) is 22.7 Å². The van der Waals surface area contributed by atoms with Crippen molar-refractivity contribution in [3.63, 3.8) is 0 Å². The zero-order valence-electron chi connectivity index (χ0n) is 5.77. The number of hydrogen-bond acceptors (Lipinski definition) is 2. The molecule has 3 heteroatoms. The average molecular weight is 361 g/mol. The van der Waals surface area contributed by atoms with Crippen LogP contribution in [-0.4, -0.2) is 0 Å². The summed E-state index contributed by atoms with van der Waals surface area (Å²) in [7, 11) is 0. The summed E-state index contributed by atoms with van der Waals surface area (Å²) < 4.78 is 0. The monoisotopic (exact) mass is 361 g/mol. The van der Waals surface area contributed by atoms with E-state index in [-0.39, 0.29) is 20.1 Å². The second-order valence-corrected chi connectivity index (χ2v) is 3.22. The minimum Gasteiger partial charge on any atom is -0.152 e. The van der Waals surface area contributed by atoms with Crippen molar-refractivity contribution in [2.24, 2.45) is 0 Å². The van der Waals surface area contributed by atoms with Crippen molar-refractivity contribution in [1.29, 1.82) is 0 Å². The van der Waals surface area contributed by atoms with Gasteiger partial charge in [-0.1, -0.05) is 24.3 Å². The molecule has 0 aliphatic rings. The SMILES string of the molecule is [Ir].c1ccsc1.c1ccsc1. The number of hydrogen-bond donors (Lipinski definition) is 0. The molecule has 0 aliphatic carbocycles. The molecule has 0 bridgehead atoms. The molecule has 2 aromatic rings. The number of thiophene rings is 2. The van der Waals surface area contributed by atoms with E-state index in [1.165, 1.54) is 0 Å². The Kier molecular flexibility index (Phi) is 8.19. The topological polar surface area (TPSA) is 0 Å². The summed E-state index contributed by atoms with van der Waals surface area (Å²) in [6.45, 7) is 0. The third kappa shape index (κ3) is 6.45. The summed E-state index contributed by atoms with van der Waals surface area (Å²) >= 11 is 3.43. The van der Waals surface area contributed by atoms with Gasteiger partial charge >= 0.3 is 0 Å². The minimum atomic E-state index is 0. The van der Waals surface area contributed by atoms with Gasteiger partial charge in [0.2, 0.25) is 0 Å². The Morgan fingerprint density at radius 1 is 0.545 bits per heavy atom. The van der Waals surface area contributed by atoms with Crippen molar-refractivity contribution in [2.75, 3.05) is 0 Å². The predicted octanol–water partition coefficient (Wildman–Crippen LogP) is 3.49. The quantitative estimate of drug-likeness (QED) is 0.675. The van der Waals surface area contributed by atoms with Crippen LogP contribution in [0.3, 0.4) is 0 Å². The van der Waals surface area contributed by atoms with Gasteiger partial charge in [-0.25, -0.2) is 0 Å². The summed E-state index contributed by atoms with van der Waals surface area (Å²) in [6, 6.07) is 8.07. The normalized spacial score (nSPS) is 7.27. The first-order valence-electron chi connectivity index (χ1n) is 2.94. The first-order chi connectivity index (χ1) is 5.00. The Balaban J connectivity index is 0.000000167. The number of rotatable bonds is 0. The third-order valence-corrected chi connectivity index (χ3v) is 2.11. The molecule has 0 unspecified atom stereocenters.